The smallest absolute Gasteiger partial charge is 0.0150 e. The van der Waals surface area contributed by atoms with E-state index in [2.05, 4.69) is 93.6 Å². The molecule has 0 saturated carbocycles. The molecule has 0 unspecified atom stereocenters. The summed E-state index contributed by atoms with van der Waals surface area (Å²) < 4.78 is 0. The lowest BCUT2D eigenvalue weighted by Crippen LogP contribution is -1.98. The first-order valence-corrected chi connectivity index (χ1v) is 9.40. The summed E-state index contributed by atoms with van der Waals surface area (Å²) >= 11 is 0. The Morgan fingerprint density at radius 2 is 1.20 bits per heavy atom. The van der Waals surface area contributed by atoms with Gasteiger partial charge in [-0.15, -0.1) is 0 Å². The third kappa shape index (κ3) is 4.60. The van der Waals surface area contributed by atoms with Gasteiger partial charge in [0.2, 0.25) is 0 Å². The molecule has 0 spiro atoms. The van der Waals surface area contributed by atoms with E-state index in [0.29, 0.717) is 5.92 Å². The molecule has 3 rings (SSSR count). The Morgan fingerprint density at radius 1 is 0.680 bits per heavy atom. The molecule has 128 valence electrons. The highest BCUT2D eigenvalue weighted by atomic mass is 14.1. The maximum Gasteiger partial charge on any atom is -0.0150 e. The van der Waals surface area contributed by atoms with Crippen LogP contribution in [-0.2, 0) is 12.8 Å². The van der Waals surface area contributed by atoms with Gasteiger partial charge in [0.15, 0.2) is 0 Å². The van der Waals surface area contributed by atoms with Crippen molar-refractivity contribution in [1.82, 2.24) is 0 Å². The van der Waals surface area contributed by atoms with Crippen LogP contribution in [0.25, 0.3) is 11.1 Å². The molecule has 0 nitrogen and oxygen atoms in total. The van der Waals surface area contributed by atoms with Gasteiger partial charge in [-0.2, -0.15) is 0 Å². The van der Waals surface area contributed by atoms with Crippen LogP contribution in [0.15, 0.2) is 72.8 Å². The van der Waals surface area contributed by atoms with Crippen LogP contribution in [-0.4, -0.2) is 0 Å². The molecule has 0 saturated heterocycles. The van der Waals surface area contributed by atoms with Gasteiger partial charge in [-0.1, -0.05) is 98.6 Å². The van der Waals surface area contributed by atoms with Crippen molar-refractivity contribution in [1.29, 1.82) is 0 Å². The molecule has 0 aliphatic heterocycles. The molecule has 1 atom stereocenters. The van der Waals surface area contributed by atoms with Gasteiger partial charge in [-0.3, -0.25) is 0 Å². The predicted octanol–water partition coefficient (Wildman–Crippen LogP) is 6.96. The number of benzene rings is 3. The fourth-order valence-corrected chi connectivity index (χ4v) is 3.35. The van der Waals surface area contributed by atoms with Crippen LogP contribution in [0.1, 0.15) is 48.4 Å². The van der Waals surface area contributed by atoms with Gasteiger partial charge < -0.3 is 0 Å². The molecule has 0 amide bonds. The van der Waals surface area contributed by atoms with Gasteiger partial charge in [0.1, 0.15) is 0 Å². The van der Waals surface area contributed by atoms with Crippen molar-refractivity contribution in [3.63, 3.8) is 0 Å². The Morgan fingerprint density at radius 3 is 1.72 bits per heavy atom. The number of aryl methyl sites for hydroxylation is 2. The third-order valence-corrected chi connectivity index (χ3v) is 4.97. The minimum absolute atomic E-state index is 0.541. The second-order valence-electron chi connectivity index (χ2n) is 7.16. The molecule has 0 heteroatoms. The SMILES string of the molecule is CCCc1ccc(-c2ccc(C[C@@H](C)c3ccc(C)cc3)cc2)cc1. The second-order valence-corrected chi connectivity index (χ2v) is 7.16. The van der Waals surface area contributed by atoms with E-state index in [1.165, 1.54) is 39.8 Å². The Balaban J connectivity index is 1.68. The topological polar surface area (TPSA) is 0 Å². The molecule has 3 aromatic rings. The highest BCUT2D eigenvalue weighted by molar-refractivity contribution is 5.64. The summed E-state index contributed by atoms with van der Waals surface area (Å²) in [7, 11) is 0. The number of rotatable bonds is 6. The molecule has 0 bridgehead atoms. The van der Waals surface area contributed by atoms with E-state index in [4.69, 9.17) is 0 Å². The van der Waals surface area contributed by atoms with Gasteiger partial charge in [-0.05, 0) is 53.5 Å². The summed E-state index contributed by atoms with van der Waals surface area (Å²) in [6, 6.07) is 27.0. The first-order valence-electron chi connectivity index (χ1n) is 9.40. The van der Waals surface area contributed by atoms with E-state index in [9.17, 15) is 0 Å². The van der Waals surface area contributed by atoms with Crippen LogP contribution in [0.3, 0.4) is 0 Å². The first-order chi connectivity index (χ1) is 12.2. The highest BCUT2D eigenvalue weighted by Gasteiger charge is 2.07. The van der Waals surface area contributed by atoms with Gasteiger partial charge in [0.25, 0.3) is 0 Å². The zero-order valence-corrected chi connectivity index (χ0v) is 15.6. The molecule has 0 aromatic heterocycles. The van der Waals surface area contributed by atoms with Crippen molar-refractivity contribution >= 4 is 0 Å². The molecule has 0 aliphatic rings. The van der Waals surface area contributed by atoms with E-state index in [0.717, 1.165) is 12.8 Å². The number of hydrogen-bond acceptors (Lipinski definition) is 0. The molecule has 3 aromatic carbocycles. The van der Waals surface area contributed by atoms with Gasteiger partial charge in [0.05, 0.1) is 0 Å². The van der Waals surface area contributed by atoms with E-state index in [1.807, 2.05) is 0 Å². The minimum atomic E-state index is 0.541. The van der Waals surface area contributed by atoms with Crippen molar-refractivity contribution in [2.45, 2.75) is 46.0 Å². The zero-order chi connectivity index (χ0) is 17.6. The monoisotopic (exact) mass is 328 g/mol. The van der Waals surface area contributed by atoms with Crippen LogP contribution in [0.5, 0.6) is 0 Å². The molecule has 0 aliphatic carbocycles. The normalized spacial score (nSPS) is 12.1. The summed E-state index contributed by atoms with van der Waals surface area (Å²) in [5.41, 5.74) is 8.17. The average molecular weight is 328 g/mol. The molecule has 0 heterocycles. The Kier molecular flexibility index (Phi) is 5.71. The van der Waals surface area contributed by atoms with Gasteiger partial charge in [0, 0.05) is 0 Å². The van der Waals surface area contributed by atoms with Crippen molar-refractivity contribution in [2.24, 2.45) is 0 Å². The van der Waals surface area contributed by atoms with E-state index in [-0.39, 0.29) is 0 Å². The standard InChI is InChI=1S/C25H28/c1-4-5-21-8-14-24(15-9-21)25-16-10-22(11-17-25)18-20(3)23-12-6-19(2)7-13-23/h6-17,20H,4-5,18H2,1-3H3/t20-/m1/s1. The van der Waals surface area contributed by atoms with E-state index >= 15 is 0 Å². The summed E-state index contributed by atoms with van der Waals surface area (Å²) in [4.78, 5) is 0. The van der Waals surface area contributed by atoms with Crippen LogP contribution in [0.4, 0.5) is 0 Å². The van der Waals surface area contributed by atoms with Crippen molar-refractivity contribution in [2.75, 3.05) is 0 Å². The largest absolute Gasteiger partial charge is 0.0651 e. The summed E-state index contributed by atoms with van der Waals surface area (Å²) in [5, 5.41) is 0. The molecule has 0 radical (unpaired) electrons. The lowest BCUT2D eigenvalue weighted by atomic mass is 9.92. The summed E-state index contributed by atoms with van der Waals surface area (Å²) in [5.74, 6) is 0.541. The minimum Gasteiger partial charge on any atom is -0.0651 e. The molecular weight excluding hydrogens is 300 g/mol. The molecule has 0 N–H and O–H groups in total. The maximum atomic E-state index is 2.31. The fourth-order valence-electron chi connectivity index (χ4n) is 3.35. The Hall–Kier alpha value is -2.34. The van der Waals surface area contributed by atoms with Crippen LogP contribution in [0.2, 0.25) is 0 Å². The van der Waals surface area contributed by atoms with Crippen LogP contribution in [0, 0.1) is 6.92 Å². The quantitative estimate of drug-likeness (QED) is 0.459. The zero-order valence-electron chi connectivity index (χ0n) is 15.6. The van der Waals surface area contributed by atoms with Crippen LogP contribution >= 0.6 is 0 Å². The van der Waals surface area contributed by atoms with E-state index in [1.54, 1.807) is 0 Å². The van der Waals surface area contributed by atoms with E-state index < -0.39 is 0 Å². The summed E-state index contributed by atoms with van der Waals surface area (Å²) in [6.07, 6.45) is 3.45. The second kappa shape index (κ2) is 8.16. The average Bonchev–Trinajstić information content (AvgIpc) is 2.64. The first kappa shape index (κ1) is 17.5. The molecule has 25 heavy (non-hydrogen) atoms. The number of hydrogen-bond donors (Lipinski definition) is 0. The fraction of sp³-hybridized carbons (Fsp3) is 0.280. The van der Waals surface area contributed by atoms with Gasteiger partial charge >= 0.3 is 0 Å². The highest BCUT2D eigenvalue weighted by Crippen LogP contribution is 2.24. The van der Waals surface area contributed by atoms with Crippen molar-refractivity contribution in [3.05, 3.63) is 95.1 Å². The van der Waals surface area contributed by atoms with Gasteiger partial charge in [-0.25, -0.2) is 0 Å². The van der Waals surface area contributed by atoms with Crippen molar-refractivity contribution < 1.29 is 0 Å². The third-order valence-electron chi connectivity index (χ3n) is 4.97. The molecule has 0 fully saturated rings. The van der Waals surface area contributed by atoms with Crippen LogP contribution < -0.4 is 0 Å². The Labute approximate surface area is 152 Å². The predicted molar refractivity (Wildman–Crippen MR) is 109 cm³/mol. The lowest BCUT2D eigenvalue weighted by molar-refractivity contribution is 0.759. The molecular formula is C25H28. The maximum absolute atomic E-state index is 2.31. The summed E-state index contributed by atoms with van der Waals surface area (Å²) in [6.45, 7) is 6.68. The lowest BCUT2D eigenvalue weighted by Gasteiger charge is -2.13. The Bertz CT molecular complexity index is 777. The van der Waals surface area contributed by atoms with Crippen molar-refractivity contribution in [3.8, 4) is 11.1 Å².